The van der Waals surface area contributed by atoms with Crippen LogP contribution in [0.3, 0.4) is 0 Å². The lowest BCUT2D eigenvalue weighted by Crippen LogP contribution is -2.56. The van der Waals surface area contributed by atoms with Gasteiger partial charge in [-0.2, -0.15) is 26.3 Å². The molecule has 3 aromatic rings. The summed E-state index contributed by atoms with van der Waals surface area (Å²) in [5, 5.41) is 0. The highest BCUT2D eigenvalue weighted by Crippen LogP contribution is 2.39. The van der Waals surface area contributed by atoms with E-state index in [4.69, 9.17) is 0 Å². The summed E-state index contributed by atoms with van der Waals surface area (Å²) in [6, 6.07) is 13.2. The molecule has 2 saturated heterocycles. The second-order valence-corrected chi connectivity index (χ2v) is 11.5. The topological polar surface area (TPSA) is 64.2 Å². The standard InChI is InChI=1S/C32H29F7N4O3/c1-40(25-13-22(31(34,35)36)12-23(14-25)32(37,38)39)30(46)41(2)27-18-43(17-26(27)19-8-10-24(33)11-9-19)29(45)21-15-42(16-21)28(44)20-6-4-3-5-7-20/h3-14,21,26-27H,15-18H2,1-2H3. The molecule has 46 heavy (non-hydrogen) atoms. The Morgan fingerprint density at radius 2 is 1.30 bits per heavy atom. The van der Waals surface area contributed by atoms with E-state index in [0.29, 0.717) is 28.2 Å². The molecular formula is C32H29F7N4O3. The minimum Gasteiger partial charge on any atom is -0.340 e. The van der Waals surface area contributed by atoms with Crippen LogP contribution in [-0.4, -0.2) is 78.9 Å². The van der Waals surface area contributed by atoms with Gasteiger partial charge < -0.3 is 14.7 Å². The van der Waals surface area contributed by atoms with Gasteiger partial charge >= 0.3 is 18.4 Å². The van der Waals surface area contributed by atoms with Gasteiger partial charge in [0.25, 0.3) is 5.91 Å². The quantitative estimate of drug-likeness (QED) is 0.313. The molecule has 2 aliphatic heterocycles. The Labute approximate surface area is 259 Å². The Hall–Kier alpha value is -4.62. The molecule has 2 heterocycles. The second kappa shape index (κ2) is 12.3. The van der Waals surface area contributed by atoms with Crippen LogP contribution in [0.5, 0.6) is 0 Å². The third-order valence-electron chi connectivity index (χ3n) is 8.48. The van der Waals surface area contributed by atoms with Gasteiger partial charge in [-0.15, -0.1) is 0 Å². The first-order chi connectivity index (χ1) is 21.5. The van der Waals surface area contributed by atoms with Crippen molar-refractivity contribution in [1.82, 2.24) is 14.7 Å². The van der Waals surface area contributed by atoms with Gasteiger partial charge in [-0.05, 0) is 48.0 Å². The number of benzene rings is 3. The summed E-state index contributed by atoms with van der Waals surface area (Å²) < 4.78 is 94.6. The summed E-state index contributed by atoms with van der Waals surface area (Å²) >= 11 is 0. The van der Waals surface area contributed by atoms with Gasteiger partial charge in [-0.25, -0.2) is 9.18 Å². The van der Waals surface area contributed by atoms with E-state index in [-0.39, 0.29) is 44.1 Å². The lowest BCUT2D eigenvalue weighted by atomic mass is 9.93. The molecule has 2 unspecified atom stereocenters. The normalized spacial score (nSPS) is 18.7. The predicted molar refractivity (Wildman–Crippen MR) is 153 cm³/mol. The first kappa shape index (κ1) is 32.8. The number of anilines is 1. The highest BCUT2D eigenvalue weighted by atomic mass is 19.4. The van der Waals surface area contributed by atoms with Crippen LogP contribution in [0.15, 0.2) is 72.8 Å². The van der Waals surface area contributed by atoms with Crippen molar-refractivity contribution in [2.45, 2.75) is 24.3 Å². The van der Waals surface area contributed by atoms with Crippen molar-refractivity contribution in [2.24, 2.45) is 5.92 Å². The van der Waals surface area contributed by atoms with Crippen molar-refractivity contribution in [3.8, 4) is 0 Å². The largest absolute Gasteiger partial charge is 0.416 e. The number of hydrogen-bond donors (Lipinski definition) is 0. The Balaban J connectivity index is 1.36. The van der Waals surface area contributed by atoms with Crippen LogP contribution in [0.1, 0.15) is 33.0 Å². The molecule has 2 atom stereocenters. The summed E-state index contributed by atoms with van der Waals surface area (Å²) in [6.07, 6.45) is -10.2. The Morgan fingerprint density at radius 3 is 1.85 bits per heavy atom. The van der Waals surface area contributed by atoms with Crippen LogP contribution in [0.2, 0.25) is 0 Å². The molecule has 2 aliphatic rings. The molecule has 4 amide bonds. The number of likely N-dealkylation sites (N-methyl/N-ethyl adjacent to an activating group) is 1. The Bertz CT molecular complexity index is 1570. The number of carbonyl (C=O) groups is 3. The molecular weight excluding hydrogens is 621 g/mol. The number of likely N-dealkylation sites (tertiary alicyclic amines) is 2. The number of alkyl halides is 6. The molecule has 0 aromatic heterocycles. The minimum absolute atomic E-state index is 0.00349. The molecule has 14 heteroatoms. The van der Waals surface area contributed by atoms with Gasteiger partial charge in [-0.3, -0.25) is 14.5 Å². The third kappa shape index (κ3) is 6.65. The van der Waals surface area contributed by atoms with Crippen molar-refractivity contribution in [2.75, 3.05) is 45.2 Å². The summed E-state index contributed by atoms with van der Waals surface area (Å²) in [6.45, 7) is 0.477. The van der Waals surface area contributed by atoms with Crippen LogP contribution in [0.4, 0.5) is 41.2 Å². The molecule has 0 aliphatic carbocycles. The van der Waals surface area contributed by atoms with Crippen molar-refractivity contribution >= 4 is 23.5 Å². The van der Waals surface area contributed by atoms with Crippen LogP contribution >= 0.6 is 0 Å². The average Bonchev–Trinajstić information content (AvgIpc) is 3.44. The van der Waals surface area contributed by atoms with E-state index < -0.39 is 58.9 Å². The molecule has 2 fully saturated rings. The molecule has 0 radical (unpaired) electrons. The first-order valence-corrected chi connectivity index (χ1v) is 14.2. The number of rotatable bonds is 5. The smallest absolute Gasteiger partial charge is 0.340 e. The van der Waals surface area contributed by atoms with Crippen molar-refractivity contribution < 1.29 is 45.1 Å². The molecule has 0 saturated carbocycles. The number of carbonyl (C=O) groups excluding carboxylic acids is 3. The molecule has 0 spiro atoms. The van der Waals surface area contributed by atoms with E-state index in [9.17, 15) is 45.1 Å². The van der Waals surface area contributed by atoms with Gasteiger partial charge in [0.1, 0.15) is 5.82 Å². The molecule has 7 nitrogen and oxygen atoms in total. The minimum atomic E-state index is -5.10. The highest BCUT2D eigenvalue weighted by Gasteiger charge is 2.45. The molecule has 244 valence electrons. The maximum Gasteiger partial charge on any atom is 0.416 e. The fourth-order valence-corrected chi connectivity index (χ4v) is 5.84. The van der Waals surface area contributed by atoms with Crippen LogP contribution < -0.4 is 4.90 Å². The molecule has 0 bridgehead atoms. The average molecular weight is 651 g/mol. The van der Waals surface area contributed by atoms with Crippen molar-refractivity contribution in [3.63, 3.8) is 0 Å². The number of nitrogens with zero attached hydrogens (tertiary/aromatic N) is 4. The summed E-state index contributed by atoms with van der Waals surface area (Å²) in [7, 11) is 2.40. The van der Waals surface area contributed by atoms with Crippen LogP contribution in [-0.2, 0) is 17.1 Å². The molecule has 5 rings (SSSR count). The van der Waals surface area contributed by atoms with Gasteiger partial charge in [0.15, 0.2) is 0 Å². The lowest BCUT2D eigenvalue weighted by molar-refractivity contribution is -0.143. The van der Waals surface area contributed by atoms with Crippen LogP contribution in [0.25, 0.3) is 0 Å². The Kier molecular flexibility index (Phi) is 8.75. The van der Waals surface area contributed by atoms with E-state index in [1.165, 1.54) is 46.0 Å². The maximum absolute atomic E-state index is 13.7. The second-order valence-electron chi connectivity index (χ2n) is 11.5. The highest BCUT2D eigenvalue weighted by molar-refractivity contribution is 5.96. The monoisotopic (exact) mass is 650 g/mol. The third-order valence-corrected chi connectivity index (χ3v) is 8.48. The van der Waals surface area contributed by atoms with Crippen molar-refractivity contribution in [1.29, 1.82) is 0 Å². The van der Waals surface area contributed by atoms with E-state index in [1.54, 1.807) is 30.3 Å². The maximum atomic E-state index is 13.7. The van der Waals surface area contributed by atoms with E-state index in [1.807, 2.05) is 0 Å². The van der Waals surface area contributed by atoms with Crippen molar-refractivity contribution in [3.05, 3.63) is 101 Å². The summed E-state index contributed by atoms with van der Waals surface area (Å²) in [5.74, 6) is -2.06. The number of urea groups is 1. The van der Waals surface area contributed by atoms with E-state index in [0.717, 1.165) is 7.05 Å². The zero-order chi connectivity index (χ0) is 33.6. The zero-order valence-electron chi connectivity index (χ0n) is 24.6. The lowest BCUT2D eigenvalue weighted by Gasteiger charge is -2.40. The zero-order valence-corrected chi connectivity index (χ0v) is 24.6. The number of amides is 4. The fourth-order valence-electron chi connectivity index (χ4n) is 5.84. The van der Waals surface area contributed by atoms with Crippen LogP contribution in [0, 0.1) is 11.7 Å². The molecule has 0 N–H and O–H groups in total. The first-order valence-electron chi connectivity index (χ1n) is 14.2. The van der Waals surface area contributed by atoms with Gasteiger partial charge in [0.2, 0.25) is 5.91 Å². The summed E-state index contributed by atoms with van der Waals surface area (Å²) in [5.41, 5.74) is -2.69. The van der Waals surface area contributed by atoms with Gasteiger partial charge in [-0.1, -0.05) is 30.3 Å². The van der Waals surface area contributed by atoms with E-state index in [2.05, 4.69) is 0 Å². The SMILES string of the molecule is CN(C(=O)N(C)C1CN(C(=O)C2CN(C(=O)c3ccccc3)C2)CC1c1ccc(F)cc1)c1cc(C(F)(F)F)cc(C(F)(F)F)c1. The molecule has 3 aromatic carbocycles. The Morgan fingerprint density at radius 1 is 0.739 bits per heavy atom. The van der Waals surface area contributed by atoms with E-state index >= 15 is 0 Å². The fraction of sp³-hybridized carbons (Fsp3) is 0.344. The van der Waals surface area contributed by atoms with Gasteiger partial charge in [0, 0.05) is 57.4 Å². The summed E-state index contributed by atoms with van der Waals surface area (Å²) in [4.78, 5) is 44.8. The number of hydrogen-bond acceptors (Lipinski definition) is 3. The predicted octanol–water partition coefficient (Wildman–Crippen LogP) is 6.12. The van der Waals surface area contributed by atoms with Gasteiger partial charge in [0.05, 0.1) is 23.1 Å². The number of halogens is 7.